The first-order chi connectivity index (χ1) is 12.0. The zero-order valence-electron chi connectivity index (χ0n) is 17.1. The Morgan fingerprint density at radius 1 is 0.880 bits per heavy atom. The predicted octanol–water partition coefficient (Wildman–Crippen LogP) is 7.23. The summed E-state index contributed by atoms with van der Waals surface area (Å²) in [4.78, 5) is 0. The van der Waals surface area contributed by atoms with Crippen molar-refractivity contribution in [2.24, 2.45) is 0 Å². The Hall–Kier alpha value is -0.281. The summed E-state index contributed by atoms with van der Waals surface area (Å²) in [6.45, 7) is 8.91. The summed E-state index contributed by atoms with van der Waals surface area (Å²) in [5.41, 5.74) is 0.270. The SMILES string of the molecule is CCC[CH2][Sn](/[CH]=C/CC(C)(O)c1ccccc1)([CH2]CCC)[CH2]CCC. The summed E-state index contributed by atoms with van der Waals surface area (Å²) in [5.74, 6) is 0. The molecule has 0 aliphatic carbocycles. The van der Waals surface area contributed by atoms with Gasteiger partial charge < -0.3 is 0 Å². The Kier molecular flexibility index (Phi) is 11.1. The Morgan fingerprint density at radius 3 is 1.80 bits per heavy atom. The van der Waals surface area contributed by atoms with Crippen molar-refractivity contribution in [2.45, 2.75) is 91.6 Å². The normalized spacial score (nSPS) is 14.8. The van der Waals surface area contributed by atoms with Crippen molar-refractivity contribution in [1.82, 2.24) is 0 Å². The monoisotopic (exact) mass is 452 g/mol. The van der Waals surface area contributed by atoms with E-state index in [9.17, 15) is 5.11 Å². The van der Waals surface area contributed by atoms with E-state index in [-0.39, 0.29) is 0 Å². The Morgan fingerprint density at radius 2 is 1.36 bits per heavy atom. The van der Waals surface area contributed by atoms with Crippen molar-refractivity contribution in [3.63, 3.8) is 0 Å². The molecule has 1 aromatic rings. The summed E-state index contributed by atoms with van der Waals surface area (Å²) in [6.07, 6.45) is 11.2. The topological polar surface area (TPSA) is 20.2 Å². The molecule has 142 valence electrons. The van der Waals surface area contributed by atoms with E-state index < -0.39 is 24.0 Å². The number of rotatable bonds is 13. The molecule has 1 atom stereocenters. The van der Waals surface area contributed by atoms with Gasteiger partial charge in [-0.05, 0) is 0 Å². The molecule has 0 fully saturated rings. The maximum atomic E-state index is 10.9. The van der Waals surface area contributed by atoms with Gasteiger partial charge in [-0.2, -0.15) is 0 Å². The average molecular weight is 451 g/mol. The van der Waals surface area contributed by atoms with E-state index in [0.29, 0.717) is 0 Å². The van der Waals surface area contributed by atoms with Crippen molar-refractivity contribution in [3.8, 4) is 0 Å². The number of benzene rings is 1. The molecule has 0 saturated carbocycles. The van der Waals surface area contributed by atoms with Crippen molar-refractivity contribution in [3.05, 3.63) is 46.1 Å². The maximum absolute atomic E-state index is 10.9. The molecule has 0 saturated heterocycles. The van der Waals surface area contributed by atoms with E-state index in [1.807, 2.05) is 37.3 Å². The first kappa shape index (κ1) is 22.8. The van der Waals surface area contributed by atoms with Crippen molar-refractivity contribution in [2.75, 3.05) is 0 Å². The number of unbranched alkanes of at least 4 members (excludes halogenated alkanes) is 3. The molecule has 25 heavy (non-hydrogen) atoms. The van der Waals surface area contributed by atoms with Gasteiger partial charge in [0.05, 0.1) is 0 Å². The Labute approximate surface area is 160 Å². The van der Waals surface area contributed by atoms with Crippen LogP contribution in [0.25, 0.3) is 0 Å². The van der Waals surface area contributed by atoms with Crippen LogP contribution in [0.4, 0.5) is 0 Å². The summed E-state index contributed by atoms with van der Waals surface area (Å²) in [7, 11) is 0. The minimum atomic E-state index is -2.21. The third-order valence-corrected chi connectivity index (χ3v) is 19.7. The molecule has 0 aliphatic heterocycles. The molecule has 0 aliphatic rings. The summed E-state index contributed by atoms with van der Waals surface area (Å²) in [5, 5.41) is 10.9. The summed E-state index contributed by atoms with van der Waals surface area (Å²) in [6, 6.07) is 10.1. The molecule has 2 heteroatoms. The van der Waals surface area contributed by atoms with Gasteiger partial charge in [0.1, 0.15) is 0 Å². The van der Waals surface area contributed by atoms with Crippen LogP contribution in [0.5, 0.6) is 0 Å². The van der Waals surface area contributed by atoms with Gasteiger partial charge in [-0.1, -0.05) is 0 Å². The van der Waals surface area contributed by atoms with Gasteiger partial charge >= 0.3 is 161 Å². The van der Waals surface area contributed by atoms with Crippen LogP contribution in [0, 0.1) is 0 Å². The third-order valence-electron chi connectivity index (χ3n) is 5.47. The molecule has 0 bridgehead atoms. The molecule has 0 aromatic heterocycles. The van der Waals surface area contributed by atoms with Crippen LogP contribution in [0.2, 0.25) is 13.3 Å². The van der Waals surface area contributed by atoms with Crippen molar-refractivity contribution >= 4 is 18.4 Å². The Balaban J connectivity index is 2.87. The first-order valence-corrected chi connectivity index (χ1v) is 18.2. The molecule has 0 heterocycles. The first-order valence-electron chi connectivity index (χ1n) is 10.5. The van der Waals surface area contributed by atoms with Gasteiger partial charge in [-0.3, -0.25) is 0 Å². The van der Waals surface area contributed by atoms with Crippen molar-refractivity contribution < 1.29 is 5.11 Å². The number of hydrogen-bond donors (Lipinski definition) is 1. The molecule has 0 radical (unpaired) electrons. The van der Waals surface area contributed by atoms with Gasteiger partial charge in [-0.15, -0.1) is 0 Å². The van der Waals surface area contributed by atoms with E-state index in [4.69, 9.17) is 0 Å². The fraction of sp³-hybridized carbons (Fsp3) is 0.652. The standard InChI is InChI=1S/C11H13O.3C4H9.Sn/c1-3-9-11(2,12)10-7-5-4-6-8-10;3*1-3-4-2;/h1,3-8,12H,9H2,2H3;3*1,3-4H2,2H3;. The zero-order chi connectivity index (χ0) is 18.6. The van der Waals surface area contributed by atoms with E-state index >= 15 is 0 Å². The van der Waals surface area contributed by atoms with Crippen LogP contribution in [-0.4, -0.2) is 23.5 Å². The van der Waals surface area contributed by atoms with Gasteiger partial charge in [0.15, 0.2) is 0 Å². The minimum absolute atomic E-state index is 0.736. The third kappa shape index (κ3) is 8.30. The molecule has 1 aromatic carbocycles. The average Bonchev–Trinajstić information content (AvgIpc) is 2.63. The quantitative estimate of drug-likeness (QED) is 0.314. The van der Waals surface area contributed by atoms with E-state index in [2.05, 4.69) is 30.9 Å². The molecule has 1 N–H and O–H groups in total. The van der Waals surface area contributed by atoms with Crippen LogP contribution >= 0.6 is 0 Å². The van der Waals surface area contributed by atoms with E-state index in [1.54, 1.807) is 0 Å². The van der Waals surface area contributed by atoms with Gasteiger partial charge in [0.25, 0.3) is 0 Å². The van der Waals surface area contributed by atoms with Crippen LogP contribution < -0.4 is 0 Å². The molecular formula is C23H40OSn. The Bertz CT molecular complexity index is 456. The molecular weight excluding hydrogens is 411 g/mol. The summed E-state index contributed by atoms with van der Waals surface area (Å²) >= 11 is -2.21. The van der Waals surface area contributed by atoms with Gasteiger partial charge in [-0.25, -0.2) is 0 Å². The fourth-order valence-corrected chi connectivity index (χ4v) is 18.1. The second-order valence-electron chi connectivity index (χ2n) is 7.92. The van der Waals surface area contributed by atoms with Crippen LogP contribution in [0.1, 0.15) is 78.2 Å². The van der Waals surface area contributed by atoms with Crippen LogP contribution in [0.15, 0.2) is 40.5 Å². The van der Waals surface area contributed by atoms with Crippen LogP contribution in [0.3, 0.4) is 0 Å². The summed E-state index contributed by atoms with van der Waals surface area (Å²) < 4.78 is 7.16. The van der Waals surface area contributed by atoms with E-state index in [1.165, 1.54) is 51.8 Å². The van der Waals surface area contributed by atoms with Gasteiger partial charge in [0, 0.05) is 0 Å². The number of aliphatic hydroxyl groups is 1. The second-order valence-corrected chi connectivity index (χ2v) is 20.9. The molecule has 1 rings (SSSR count). The molecule has 0 amide bonds. The van der Waals surface area contributed by atoms with Gasteiger partial charge in [0.2, 0.25) is 0 Å². The second kappa shape index (κ2) is 12.2. The molecule has 1 unspecified atom stereocenters. The number of hydrogen-bond acceptors (Lipinski definition) is 1. The zero-order valence-corrected chi connectivity index (χ0v) is 19.9. The molecule has 0 spiro atoms. The fourth-order valence-electron chi connectivity index (χ4n) is 3.66. The predicted molar refractivity (Wildman–Crippen MR) is 115 cm³/mol. The van der Waals surface area contributed by atoms with Crippen LogP contribution in [-0.2, 0) is 5.60 Å². The molecule has 1 nitrogen and oxygen atoms in total. The van der Waals surface area contributed by atoms with Crippen molar-refractivity contribution in [1.29, 1.82) is 0 Å². The van der Waals surface area contributed by atoms with E-state index in [0.717, 1.165) is 12.0 Å².